The fourth-order valence-electron chi connectivity index (χ4n) is 5.10. The predicted octanol–water partition coefficient (Wildman–Crippen LogP) is 3.43. The van der Waals surface area contributed by atoms with Gasteiger partial charge in [-0.2, -0.15) is 0 Å². The Kier molecular flexibility index (Phi) is 9.25. The second-order valence-electron chi connectivity index (χ2n) is 9.36. The number of piperazine rings is 1. The number of urea groups is 1. The Balaban J connectivity index is 1.62. The lowest BCUT2D eigenvalue weighted by Gasteiger charge is -2.40. The molecule has 2 aliphatic heterocycles. The molecule has 0 bridgehead atoms. The van der Waals surface area contributed by atoms with Crippen molar-refractivity contribution in [2.75, 3.05) is 60.1 Å². The average Bonchev–Trinajstić information content (AvgIpc) is 2.94. The zero-order valence-electron chi connectivity index (χ0n) is 22.7. The smallest absolute Gasteiger partial charge is 0.338 e. The fraction of sp³-hybridized carbons (Fsp3) is 0.448. The van der Waals surface area contributed by atoms with Crippen molar-refractivity contribution < 1.29 is 23.8 Å². The molecule has 2 amide bonds. The van der Waals surface area contributed by atoms with E-state index in [1.807, 2.05) is 19.1 Å². The van der Waals surface area contributed by atoms with Crippen LogP contribution in [0.15, 0.2) is 59.8 Å². The van der Waals surface area contributed by atoms with Gasteiger partial charge in [0.2, 0.25) is 0 Å². The van der Waals surface area contributed by atoms with E-state index in [0.29, 0.717) is 35.9 Å². The SMILES string of the molecule is CCOC(=O)C1=C(CN2CCN(Cc3ccccc3)CC2)N(CC)C(=O)NC1c1ccc(OC)c(OC)c1. The molecule has 0 aliphatic carbocycles. The summed E-state index contributed by atoms with van der Waals surface area (Å²) in [6.45, 7) is 9.28. The molecule has 204 valence electrons. The standard InChI is InChI=1S/C29H38N4O5/c1-5-33-23(20-32-16-14-31(15-17-32)19-21-10-8-7-9-11-21)26(28(34)38-6-2)27(30-29(33)35)22-12-13-24(36-3)25(18-22)37-4/h7-13,18,27H,5-6,14-17,19-20H2,1-4H3,(H,30,35). The van der Waals surface area contributed by atoms with E-state index in [1.165, 1.54) is 5.56 Å². The third-order valence-corrected chi connectivity index (χ3v) is 7.08. The molecule has 2 aromatic rings. The van der Waals surface area contributed by atoms with Crippen LogP contribution in [-0.2, 0) is 16.1 Å². The predicted molar refractivity (Wildman–Crippen MR) is 145 cm³/mol. The minimum Gasteiger partial charge on any atom is -0.493 e. The summed E-state index contributed by atoms with van der Waals surface area (Å²) < 4.78 is 16.4. The Morgan fingerprint density at radius 1 is 0.921 bits per heavy atom. The van der Waals surface area contributed by atoms with E-state index >= 15 is 0 Å². The van der Waals surface area contributed by atoms with Crippen molar-refractivity contribution >= 4 is 12.0 Å². The maximum absolute atomic E-state index is 13.4. The maximum Gasteiger partial charge on any atom is 0.338 e. The van der Waals surface area contributed by atoms with Gasteiger partial charge in [0, 0.05) is 51.5 Å². The minimum atomic E-state index is -0.668. The topological polar surface area (TPSA) is 83.6 Å². The fourth-order valence-corrected chi connectivity index (χ4v) is 5.10. The molecule has 2 aliphatic rings. The zero-order chi connectivity index (χ0) is 27.1. The summed E-state index contributed by atoms with van der Waals surface area (Å²) in [5.74, 6) is 0.670. The number of hydrogen-bond donors (Lipinski definition) is 1. The first kappa shape index (κ1) is 27.5. The lowest BCUT2D eigenvalue weighted by atomic mass is 9.93. The molecule has 1 N–H and O–H groups in total. The van der Waals surface area contributed by atoms with Gasteiger partial charge in [0.05, 0.1) is 32.4 Å². The highest BCUT2D eigenvalue weighted by atomic mass is 16.5. The molecule has 1 atom stereocenters. The first-order valence-corrected chi connectivity index (χ1v) is 13.2. The quantitative estimate of drug-likeness (QED) is 0.479. The van der Waals surface area contributed by atoms with Crippen LogP contribution in [0.5, 0.6) is 11.5 Å². The summed E-state index contributed by atoms with van der Waals surface area (Å²) in [4.78, 5) is 33.1. The molecule has 9 nitrogen and oxygen atoms in total. The summed E-state index contributed by atoms with van der Waals surface area (Å²) in [5, 5.41) is 3.02. The second-order valence-corrected chi connectivity index (χ2v) is 9.36. The zero-order valence-corrected chi connectivity index (χ0v) is 22.7. The molecule has 1 fully saturated rings. The number of nitrogens with one attached hydrogen (secondary N) is 1. The molecule has 4 rings (SSSR count). The molecule has 1 unspecified atom stereocenters. The van der Waals surface area contributed by atoms with E-state index in [0.717, 1.165) is 38.3 Å². The lowest BCUT2D eigenvalue weighted by molar-refractivity contribution is -0.139. The van der Waals surface area contributed by atoms with Crippen molar-refractivity contribution in [3.8, 4) is 11.5 Å². The second kappa shape index (κ2) is 12.8. The van der Waals surface area contributed by atoms with Gasteiger partial charge in [0.1, 0.15) is 0 Å². The Bertz CT molecular complexity index is 1140. The van der Waals surface area contributed by atoms with Crippen LogP contribution in [0.2, 0.25) is 0 Å². The van der Waals surface area contributed by atoms with Crippen molar-refractivity contribution in [2.24, 2.45) is 0 Å². The van der Waals surface area contributed by atoms with E-state index in [4.69, 9.17) is 14.2 Å². The third kappa shape index (κ3) is 6.11. The van der Waals surface area contributed by atoms with Gasteiger partial charge in [-0.15, -0.1) is 0 Å². The Hall–Kier alpha value is -3.56. The molecule has 38 heavy (non-hydrogen) atoms. The van der Waals surface area contributed by atoms with Gasteiger partial charge in [-0.05, 0) is 37.1 Å². The van der Waals surface area contributed by atoms with E-state index < -0.39 is 12.0 Å². The number of likely N-dealkylation sites (N-methyl/N-ethyl adjacent to an activating group) is 1. The number of ether oxygens (including phenoxy) is 3. The molecule has 0 radical (unpaired) electrons. The van der Waals surface area contributed by atoms with Gasteiger partial charge in [-0.25, -0.2) is 9.59 Å². The number of benzene rings is 2. The van der Waals surface area contributed by atoms with Crippen LogP contribution in [0.4, 0.5) is 4.79 Å². The van der Waals surface area contributed by atoms with Gasteiger partial charge in [0.25, 0.3) is 0 Å². The molecule has 2 heterocycles. The van der Waals surface area contributed by atoms with Gasteiger partial charge < -0.3 is 19.5 Å². The molecule has 9 heteroatoms. The van der Waals surface area contributed by atoms with Crippen molar-refractivity contribution in [2.45, 2.75) is 26.4 Å². The molecule has 2 aromatic carbocycles. The summed E-state index contributed by atoms with van der Waals surface area (Å²) in [6.07, 6.45) is 0. The average molecular weight is 523 g/mol. The van der Waals surface area contributed by atoms with Gasteiger partial charge >= 0.3 is 12.0 Å². The highest BCUT2D eigenvalue weighted by Crippen LogP contribution is 2.36. The van der Waals surface area contributed by atoms with Gasteiger partial charge in [-0.1, -0.05) is 36.4 Å². The Labute approximate surface area is 224 Å². The molecule has 0 spiro atoms. The Morgan fingerprint density at radius 3 is 2.18 bits per heavy atom. The summed E-state index contributed by atoms with van der Waals surface area (Å²) in [6, 6.07) is 15.0. The van der Waals surface area contributed by atoms with Crippen molar-refractivity contribution in [1.29, 1.82) is 0 Å². The number of nitrogens with zero attached hydrogens (tertiary/aromatic N) is 3. The first-order valence-electron chi connectivity index (χ1n) is 13.2. The normalized spacial score (nSPS) is 18.8. The van der Waals surface area contributed by atoms with Crippen LogP contribution in [0.25, 0.3) is 0 Å². The molecular formula is C29H38N4O5. The monoisotopic (exact) mass is 522 g/mol. The highest BCUT2D eigenvalue weighted by molar-refractivity contribution is 5.95. The lowest BCUT2D eigenvalue weighted by Crippen LogP contribution is -2.53. The van der Waals surface area contributed by atoms with Crippen LogP contribution in [0, 0.1) is 0 Å². The van der Waals surface area contributed by atoms with Crippen LogP contribution in [0.1, 0.15) is 31.0 Å². The summed E-state index contributed by atoms with van der Waals surface area (Å²) >= 11 is 0. The maximum atomic E-state index is 13.4. The highest BCUT2D eigenvalue weighted by Gasteiger charge is 2.38. The number of carbonyl (C=O) groups excluding carboxylic acids is 2. The van der Waals surface area contributed by atoms with Crippen molar-refractivity contribution in [3.05, 3.63) is 70.9 Å². The van der Waals surface area contributed by atoms with Crippen molar-refractivity contribution in [1.82, 2.24) is 20.0 Å². The van der Waals surface area contributed by atoms with Crippen LogP contribution >= 0.6 is 0 Å². The number of esters is 1. The number of methoxy groups -OCH3 is 2. The minimum absolute atomic E-state index is 0.238. The number of amides is 2. The van der Waals surface area contributed by atoms with E-state index in [9.17, 15) is 9.59 Å². The van der Waals surface area contributed by atoms with Crippen LogP contribution < -0.4 is 14.8 Å². The van der Waals surface area contributed by atoms with E-state index in [2.05, 4.69) is 39.4 Å². The summed E-state index contributed by atoms with van der Waals surface area (Å²) in [5.41, 5.74) is 3.16. The van der Waals surface area contributed by atoms with Gasteiger partial charge in [0.15, 0.2) is 11.5 Å². The van der Waals surface area contributed by atoms with Gasteiger partial charge in [-0.3, -0.25) is 14.7 Å². The number of carbonyl (C=O) groups is 2. The Morgan fingerprint density at radius 2 is 1.58 bits per heavy atom. The summed E-state index contributed by atoms with van der Waals surface area (Å²) in [7, 11) is 3.13. The molecule has 1 saturated heterocycles. The van der Waals surface area contributed by atoms with Crippen molar-refractivity contribution in [3.63, 3.8) is 0 Å². The van der Waals surface area contributed by atoms with Crippen LogP contribution in [0.3, 0.4) is 0 Å². The van der Waals surface area contributed by atoms with E-state index in [1.54, 1.807) is 38.2 Å². The molecule has 0 saturated carbocycles. The van der Waals surface area contributed by atoms with Crippen LogP contribution in [-0.4, -0.2) is 86.8 Å². The number of rotatable bonds is 10. The number of hydrogen-bond acceptors (Lipinski definition) is 7. The largest absolute Gasteiger partial charge is 0.493 e. The molecular weight excluding hydrogens is 484 g/mol. The first-order chi connectivity index (χ1) is 18.5. The third-order valence-electron chi connectivity index (χ3n) is 7.08. The van der Waals surface area contributed by atoms with E-state index in [-0.39, 0.29) is 12.6 Å². The molecule has 0 aromatic heterocycles.